The van der Waals surface area contributed by atoms with Gasteiger partial charge in [-0.05, 0) is 19.3 Å². The first-order valence-corrected chi connectivity index (χ1v) is 5.60. The maximum Gasteiger partial charge on any atom is 0.333 e. The van der Waals surface area contributed by atoms with E-state index in [0.29, 0.717) is 18.0 Å². The molecule has 0 aliphatic heterocycles. The van der Waals surface area contributed by atoms with Crippen LogP contribution in [0, 0.1) is 5.92 Å². The van der Waals surface area contributed by atoms with Crippen LogP contribution in [0.5, 0.6) is 0 Å². The van der Waals surface area contributed by atoms with Crippen molar-refractivity contribution in [2.45, 2.75) is 33.2 Å². The predicted molar refractivity (Wildman–Crippen MR) is 64.1 cm³/mol. The Hall–Kier alpha value is -0.870. The van der Waals surface area contributed by atoms with Gasteiger partial charge in [0.15, 0.2) is 0 Å². The Morgan fingerprint density at radius 3 is 2.56 bits per heavy atom. The molecule has 0 spiro atoms. The van der Waals surface area contributed by atoms with Crippen molar-refractivity contribution in [3.05, 3.63) is 11.6 Å². The Kier molecular flexibility index (Phi) is 7.85. The number of hydrogen-bond acceptors (Lipinski definition) is 4. The summed E-state index contributed by atoms with van der Waals surface area (Å²) in [5.74, 6) is 0.224. The summed E-state index contributed by atoms with van der Waals surface area (Å²) in [6.45, 7) is 6.62. The van der Waals surface area contributed by atoms with E-state index in [1.54, 1.807) is 13.0 Å². The molecule has 0 fully saturated rings. The molecule has 0 aromatic carbocycles. The van der Waals surface area contributed by atoms with Gasteiger partial charge in [0.05, 0.1) is 13.7 Å². The van der Waals surface area contributed by atoms with Crippen LogP contribution in [0.25, 0.3) is 0 Å². The minimum absolute atomic E-state index is 0.0849. The second kappa shape index (κ2) is 8.30. The molecule has 4 heteroatoms. The van der Waals surface area contributed by atoms with Gasteiger partial charge in [-0.15, -0.1) is 0 Å². The highest BCUT2D eigenvalue weighted by Gasteiger charge is 2.08. The van der Waals surface area contributed by atoms with Crippen LogP contribution < -0.4 is 5.32 Å². The van der Waals surface area contributed by atoms with Crippen molar-refractivity contribution in [3.63, 3.8) is 0 Å². The zero-order chi connectivity index (χ0) is 12.6. The summed E-state index contributed by atoms with van der Waals surface area (Å²) in [6.07, 6.45) is 2.69. The number of carbonyl (C=O) groups is 1. The molecule has 0 aliphatic rings. The fourth-order valence-corrected chi connectivity index (χ4v) is 1.41. The number of nitrogens with one attached hydrogen (secondary N) is 1. The van der Waals surface area contributed by atoms with Crippen LogP contribution in [0.3, 0.4) is 0 Å². The molecule has 16 heavy (non-hydrogen) atoms. The van der Waals surface area contributed by atoms with Gasteiger partial charge in [0.25, 0.3) is 0 Å². The van der Waals surface area contributed by atoms with Crippen molar-refractivity contribution in [2.75, 3.05) is 20.3 Å². The lowest BCUT2D eigenvalue weighted by molar-refractivity contribution is -0.136. The molecule has 0 rings (SSSR count). The van der Waals surface area contributed by atoms with Crippen molar-refractivity contribution >= 4 is 5.97 Å². The summed E-state index contributed by atoms with van der Waals surface area (Å²) in [5, 5.41) is 12.3. The monoisotopic (exact) mass is 229 g/mol. The molecule has 1 atom stereocenters. The first-order valence-electron chi connectivity index (χ1n) is 5.60. The van der Waals surface area contributed by atoms with Gasteiger partial charge >= 0.3 is 5.97 Å². The topological polar surface area (TPSA) is 58.6 Å². The Labute approximate surface area is 97.7 Å². The third-order valence-electron chi connectivity index (χ3n) is 2.30. The number of esters is 1. The summed E-state index contributed by atoms with van der Waals surface area (Å²) in [7, 11) is 1.36. The Balaban J connectivity index is 3.98. The SMILES string of the molecule is COC(=O)C(C)=CCNC(CO)CC(C)C. The summed E-state index contributed by atoms with van der Waals surface area (Å²) in [4.78, 5) is 11.1. The molecule has 2 N–H and O–H groups in total. The number of methoxy groups -OCH3 is 1. The minimum Gasteiger partial charge on any atom is -0.466 e. The average molecular weight is 229 g/mol. The predicted octanol–water partition coefficient (Wildman–Crippen LogP) is 1.10. The van der Waals surface area contributed by atoms with Crippen molar-refractivity contribution in [3.8, 4) is 0 Å². The zero-order valence-electron chi connectivity index (χ0n) is 10.6. The van der Waals surface area contributed by atoms with E-state index >= 15 is 0 Å². The molecule has 0 bridgehead atoms. The third-order valence-corrected chi connectivity index (χ3v) is 2.30. The Bertz CT molecular complexity index is 236. The van der Waals surface area contributed by atoms with Gasteiger partial charge in [0.2, 0.25) is 0 Å². The standard InChI is InChI=1S/C12H23NO3/c1-9(2)7-11(8-14)13-6-5-10(3)12(15)16-4/h5,9,11,13-14H,6-8H2,1-4H3. The summed E-state index contributed by atoms with van der Waals surface area (Å²) in [6, 6.07) is 0.0849. The molecule has 0 saturated heterocycles. The maximum atomic E-state index is 11.1. The second-order valence-electron chi connectivity index (χ2n) is 4.30. The highest BCUT2D eigenvalue weighted by atomic mass is 16.5. The smallest absolute Gasteiger partial charge is 0.333 e. The molecule has 0 aromatic rings. The molecule has 0 aromatic heterocycles. The van der Waals surface area contributed by atoms with Crippen molar-refractivity contribution in [1.29, 1.82) is 0 Å². The van der Waals surface area contributed by atoms with E-state index in [2.05, 4.69) is 23.9 Å². The third kappa shape index (κ3) is 6.58. The molecule has 0 heterocycles. The molecule has 0 saturated carbocycles. The quantitative estimate of drug-likeness (QED) is 0.507. The van der Waals surface area contributed by atoms with Gasteiger partial charge < -0.3 is 15.2 Å². The zero-order valence-corrected chi connectivity index (χ0v) is 10.6. The minimum atomic E-state index is -0.314. The summed E-state index contributed by atoms with van der Waals surface area (Å²) >= 11 is 0. The molecule has 94 valence electrons. The van der Waals surface area contributed by atoms with Crippen LogP contribution in [0.4, 0.5) is 0 Å². The molecule has 0 amide bonds. The highest BCUT2D eigenvalue weighted by Crippen LogP contribution is 2.04. The largest absolute Gasteiger partial charge is 0.466 e. The number of hydrogen-bond donors (Lipinski definition) is 2. The van der Waals surface area contributed by atoms with Crippen LogP contribution >= 0.6 is 0 Å². The highest BCUT2D eigenvalue weighted by molar-refractivity contribution is 5.87. The van der Waals surface area contributed by atoms with Crippen molar-refractivity contribution < 1.29 is 14.6 Å². The lowest BCUT2D eigenvalue weighted by Gasteiger charge is -2.17. The maximum absolute atomic E-state index is 11.1. The van der Waals surface area contributed by atoms with Gasteiger partial charge in [-0.3, -0.25) is 0 Å². The van der Waals surface area contributed by atoms with E-state index in [4.69, 9.17) is 5.11 Å². The first-order chi connectivity index (χ1) is 7.51. The fraction of sp³-hybridized carbons (Fsp3) is 0.750. The molecule has 4 nitrogen and oxygen atoms in total. The number of rotatable bonds is 7. The first kappa shape index (κ1) is 15.1. The lowest BCUT2D eigenvalue weighted by Crippen LogP contribution is -2.34. The van der Waals surface area contributed by atoms with Gasteiger partial charge in [-0.1, -0.05) is 19.9 Å². The number of carbonyl (C=O) groups excluding carboxylic acids is 1. The summed E-state index contributed by atoms with van der Waals surface area (Å²) in [5.41, 5.74) is 0.580. The molecule has 1 unspecified atom stereocenters. The van der Waals surface area contributed by atoms with E-state index in [0.717, 1.165) is 6.42 Å². The van der Waals surface area contributed by atoms with Crippen molar-refractivity contribution in [1.82, 2.24) is 5.32 Å². The molecule has 0 radical (unpaired) electrons. The van der Waals surface area contributed by atoms with Gasteiger partial charge in [-0.2, -0.15) is 0 Å². The van der Waals surface area contributed by atoms with Crippen LogP contribution in [0.2, 0.25) is 0 Å². The molecular weight excluding hydrogens is 206 g/mol. The van der Waals surface area contributed by atoms with Gasteiger partial charge in [-0.25, -0.2) is 4.79 Å². The number of ether oxygens (including phenoxy) is 1. The van der Waals surface area contributed by atoms with Crippen molar-refractivity contribution in [2.24, 2.45) is 5.92 Å². The van der Waals surface area contributed by atoms with Gasteiger partial charge in [0, 0.05) is 18.2 Å². The van der Waals surface area contributed by atoms with Crippen LogP contribution in [-0.4, -0.2) is 37.4 Å². The van der Waals surface area contributed by atoms with Crippen LogP contribution in [-0.2, 0) is 9.53 Å². The van der Waals surface area contributed by atoms with E-state index in [9.17, 15) is 4.79 Å². The summed E-state index contributed by atoms with van der Waals surface area (Å²) < 4.78 is 4.58. The van der Waals surface area contributed by atoms with Crippen LogP contribution in [0.1, 0.15) is 27.2 Å². The lowest BCUT2D eigenvalue weighted by atomic mass is 10.0. The van der Waals surface area contributed by atoms with E-state index in [1.807, 2.05) is 0 Å². The van der Waals surface area contributed by atoms with Gasteiger partial charge in [0.1, 0.15) is 0 Å². The number of aliphatic hydroxyl groups excluding tert-OH is 1. The number of aliphatic hydroxyl groups is 1. The van der Waals surface area contributed by atoms with E-state index < -0.39 is 0 Å². The van der Waals surface area contributed by atoms with Crippen LogP contribution in [0.15, 0.2) is 11.6 Å². The molecule has 0 aliphatic carbocycles. The Morgan fingerprint density at radius 1 is 1.50 bits per heavy atom. The second-order valence-corrected chi connectivity index (χ2v) is 4.30. The van der Waals surface area contributed by atoms with E-state index in [1.165, 1.54) is 7.11 Å². The Morgan fingerprint density at radius 2 is 2.12 bits per heavy atom. The fourth-order valence-electron chi connectivity index (χ4n) is 1.41. The van der Waals surface area contributed by atoms with E-state index in [-0.39, 0.29) is 18.6 Å². The average Bonchev–Trinajstić information content (AvgIpc) is 2.25. The normalized spacial score (nSPS) is 14.0. The molecular formula is C12H23NO3.